The van der Waals surface area contributed by atoms with Crippen molar-refractivity contribution >= 4 is 17.0 Å². The molecule has 0 unspecified atom stereocenters. The molecule has 0 saturated heterocycles. The van der Waals surface area contributed by atoms with Crippen LogP contribution in [0.15, 0.2) is 12.7 Å². The topological polar surface area (TPSA) is 66.5 Å². The van der Waals surface area contributed by atoms with Gasteiger partial charge in [0.05, 0.1) is 6.33 Å². The SMILES string of the molecule is CC1CCC(CNc2ncnc3nc[nH]c23)CC1. The van der Waals surface area contributed by atoms with Crippen LogP contribution in [0.25, 0.3) is 11.2 Å². The van der Waals surface area contributed by atoms with E-state index in [9.17, 15) is 0 Å². The summed E-state index contributed by atoms with van der Waals surface area (Å²) >= 11 is 0. The van der Waals surface area contributed by atoms with Crippen LogP contribution in [-0.4, -0.2) is 26.5 Å². The summed E-state index contributed by atoms with van der Waals surface area (Å²) in [5, 5.41) is 3.44. The quantitative estimate of drug-likeness (QED) is 0.872. The largest absolute Gasteiger partial charge is 0.368 e. The summed E-state index contributed by atoms with van der Waals surface area (Å²) in [6, 6.07) is 0. The average Bonchev–Trinajstić information content (AvgIpc) is 2.87. The van der Waals surface area contributed by atoms with E-state index in [1.165, 1.54) is 25.7 Å². The van der Waals surface area contributed by atoms with Gasteiger partial charge in [-0.3, -0.25) is 0 Å². The van der Waals surface area contributed by atoms with E-state index in [1.807, 2.05) is 0 Å². The van der Waals surface area contributed by atoms with Gasteiger partial charge in [-0.2, -0.15) is 0 Å². The van der Waals surface area contributed by atoms with Crippen molar-refractivity contribution in [2.45, 2.75) is 32.6 Å². The van der Waals surface area contributed by atoms with E-state index < -0.39 is 0 Å². The molecule has 0 bridgehead atoms. The second kappa shape index (κ2) is 4.92. The number of hydrogen-bond acceptors (Lipinski definition) is 4. The third-order valence-electron chi connectivity index (χ3n) is 3.92. The van der Waals surface area contributed by atoms with Crippen LogP contribution < -0.4 is 5.32 Å². The normalized spacial score (nSPS) is 24.3. The Morgan fingerprint density at radius 1 is 1.22 bits per heavy atom. The van der Waals surface area contributed by atoms with Gasteiger partial charge in [0, 0.05) is 6.54 Å². The van der Waals surface area contributed by atoms with Gasteiger partial charge in [-0.15, -0.1) is 0 Å². The molecule has 96 valence electrons. The van der Waals surface area contributed by atoms with Gasteiger partial charge in [-0.25, -0.2) is 15.0 Å². The fraction of sp³-hybridized carbons (Fsp3) is 0.615. The minimum atomic E-state index is 0.727. The van der Waals surface area contributed by atoms with Gasteiger partial charge >= 0.3 is 0 Å². The van der Waals surface area contributed by atoms with Crippen molar-refractivity contribution in [1.29, 1.82) is 0 Å². The van der Waals surface area contributed by atoms with Crippen molar-refractivity contribution in [2.75, 3.05) is 11.9 Å². The highest BCUT2D eigenvalue weighted by atomic mass is 15.1. The zero-order valence-corrected chi connectivity index (χ0v) is 10.7. The van der Waals surface area contributed by atoms with Crippen LogP contribution in [0.4, 0.5) is 5.82 Å². The van der Waals surface area contributed by atoms with E-state index in [0.717, 1.165) is 35.4 Å². The smallest absolute Gasteiger partial charge is 0.182 e. The van der Waals surface area contributed by atoms with Crippen molar-refractivity contribution in [3.63, 3.8) is 0 Å². The van der Waals surface area contributed by atoms with Crippen LogP contribution in [-0.2, 0) is 0 Å². The summed E-state index contributed by atoms with van der Waals surface area (Å²) < 4.78 is 0. The predicted molar refractivity (Wildman–Crippen MR) is 71.3 cm³/mol. The van der Waals surface area contributed by atoms with E-state index in [0.29, 0.717) is 0 Å². The molecule has 3 rings (SSSR count). The summed E-state index contributed by atoms with van der Waals surface area (Å²) in [6.07, 6.45) is 8.59. The molecule has 2 heterocycles. The number of imidazole rings is 1. The third-order valence-corrected chi connectivity index (χ3v) is 3.92. The first-order chi connectivity index (χ1) is 8.83. The first-order valence-corrected chi connectivity index (χ1v) is 6.71. The van der Waals surface area contributed by atoms with Crippen molar-refractivity contribution in [1.82, 2.24) is 19.9 Å². The van der Waals surface area contributed by atoms with Gasteiger partial charge in [0.2, 0.25) is 0 Å². The molecule has 2 aromatic rings. The average molecular weight is 245 g/mol. The molecule has 18 heavy (non-hydrogen) atoms. The minimum absolute atomic E-state index is 0.727. The number of anilines is 1. The standard InChI is InChI=1S/C13H19N5/c1-9-2-4-10(5-3-9)6-14-12-11-13(16-7-15-11)18-8-17-12/h7-10H,2-6H2,1H3,(H2,14,15,16,17,18). The predicted octanol–water partition coefficient (Wildman–Crippen LogP) is 2.59. The Labute approximate surface area is 106 Å². The molecule has 2 N–H and O–H groups in total. The Kier molecular flexibility index (Phi) is 3.13. The highest BCUT2D eigenvalue weighted by molar-refractivity contribution is 5.81. The molecular weight excluding hydrogens is 226 g/mol. The Morgan fingerprint density at radius 3 is 2.89 bits per heavy atom. The second-order valence-corrected chi connectivity index (χ2v) is 5.33. The number of aromatic amines is 1. The lowest BCUT2D eigenvalue weighted by Crippen LogP contribution is -2.20. The van der Waals surface area contributed by atoms with Gasteiger partial charge in [-0.1, -0.05) is 19.8 Å². The van der Waals surface area contributed by atoms with Crippen molar-refractivity contribution < 1.29 is 0 Å². The summed E-state index contributed by atoms with van der Waals surface area (Å²) in [6.45, 7) is 3.35. The minimum Gasteiger partial charge on any atom is -0.368 e. The van der Waals surface area contributed by atoms with Crippen LogP contribution in [0, 0.1) is 11.8 Å². The lowest BCUT2D eigenvalue weighted by atomic mass is 9.83. The van der Waals surface area contributed by atoms with Gasteiger partial charge in [0.1, 0.15) is 11.8 Å². The fourth-order valence-electron chi connectivity index (χ4n) is 2.67. The third kappa shape index (κ3) is 2.30. The lowest BCUT2D eigenvalue weighted by Gasteiger charge is -2.26. The van der Waals surface area contributed by atoms with Gasteiger partial charge in [0.15, 0.2) is 11.5 Å². The molecule has 5 nitrogen and oxygen atoms in total. The van der Waals surface area contributed by atoms with E-state index in [4.69, 9.17) is 0 Å². The van der Waals surface area contributed by atoms with E-state index in [1.54, 1.807) is 12.7 Å². The first-order valence-electron chi connectivity index (χ1n) is 6.71. The molecule has 1 fully saturated rings. The molecule has 0 amide bonds. The van der Waals surface area contributed by atoms with Gasteiger partial charge in [-0.05, 0) is 24.7 Å². The Bertz CT molecular complexity index is 513. The number of rotatable bonds is 3. The Morgan fingerprint density at radius 2 is 2.06 bits per heavy atom. The molecule has 0 spiro atoms. The molecule has 0 atom stereocenters. The zero-order chi connectivity index (χ0) is 12.4. The Balaban J connectivity index is 1.64. The van der Waals surface area contributed by atoms with Crippen molar-refractivity contribution in [3.05, 3.63) is 12.7 Å². The molecule has 1 saturated carbocycles. The molecule has 0 aromatic carbocycles. The van der Waals surface area contributed by atoms with Crippen LogP contribution in [0.5, 0.6) is 0 Å². The highest BCUT2D eigenvalue weighted by Crippen LogP contribution is 2.28. The molecule has 1 aliphatic rings. The fourth-order valence-corrected chi connectivity index (χ4v) is 2.67. The van der Waals surface area contributed by atoms with Crippen LogP contribution >= 0.6 is 0 Å². The molecule has 1 aliphatic carbocycles. The van der Waals surface area contributed by atoms with Crippen LogP contribution in [0.3, 0.4) is 0 Å². The van der Waals surface area contributed by atoms with E-state index in [2.05, 4.69) is 32.2 Å². The van der Waals surface area contributed by atoms with Crippen molar-refractivity contribution in [3.8, 4) is 0 Å². The van der Waals surface area contributed by atoms with E-state index >= 15 is 0 Å². The van der Waals surface area contributed by atoms with Crippen LogP contribution in [0.1, 0.15) is 32.6 Å². The monoisotopic (exact) mass is 245 g/mol. The van der Waals surface area contributed by atoms with Crippen LogP contribution in [0.2, 0.25) is 0 Å². The highest BCUT2D eigenvalue weighted by Gasteiger charge is 2.18. The maximum Gasteiger partial charge on any atom is 0.182 e. The number of fused-ring (bicyclic) bond motifs is 1. The summed E-state index contributed by atoms with van der Waals surface area (Å²) in [5.41, 5.74) is 1.63. The summed E-state index contributed by atoms with van der Waals surface area (Å²) in [5.74, 6) is 2.55. The number of hydrogen-bond donors (Lipinski definition) is 2. The zero-order valence-electron chi connectivity index (χ0n) is 10.7. The Hall–Kier alpha value is -1.65. The van der Waals surface area contributed by atoms with Gasteiger partial charge < -0.3 is 10.3 Å². The number of nitrogens with zero attached hydrogens (tertiary/aromatic N) is 3. The maximum absolute atomic E-state index is 4.28. The number of nitrogens with one attached hydrogen (secondary N) is 2. The summed E-state index contributed by atoms with van der Waals surface area (Å²) in [7, 11) is 0. The molecule has 2 aromatic heterocycles. The first kappa shape index (κ1) is 11.4. The van der Waals surface area contributed by atoms with Crippen molar-refractivity contribution in [2.24, 2.45) is 11.8 Å². The maximum atomic E-state index is 4.28. The molecule has 0 aliphatic heterocycles. The lowest BCUT2D eigenvalue weighted by molar-refractivity contribution is 0.300. The number of H-pyrrole nitrogens is 1. The second-order valence-electron chi connectivity index (χ2n) is 5.33. The molecule has 5 heteroatoms. The summed E-state index contributed by atoms with van der Waals surface area (Å²) in [4.78, 5) is 15.6. The number of aromatic nitrogens is 4. The molecule has 0 radical (unpaired) electrons. The molecular formula is C13H19N5. The van der Waals surface area contributed by atoms with E-state index in [-0.39, 0.29) is 0 Å². The van der Waals surface area contributed by atoms with Gasteiger partial charge in [0.25, 0.3) is 0 Å².